The number of carboxylic acids is 1. The number of carbonyl (C=O) groups excluding carboxylic acids is 1. The second-order valence-corrected chi connectivity index (χ2v) is 6.90. The molecule has 0 aromatic heterocycles. The Balaban J connectivity index is 1.47. The molecule has 3 aromatic carbocycles. The maximum atomic E-state index is 12.0. The summed E-state index contributed by atoms with van der Waals surface area (Å²) in [6.45, 7) is 0.396. The zero-order chi connectivity index (χ0) is 18.4. The summed E-state index contributed by atoms with van der Waals surface area (Å²) < 4.78 is 0. The van der Waals surface area contributed by atoms with Gasteiger partial charge in [-0.05, 0) is 34.0 Å². The van der Waals surface area contributed by atoms with Crippen molar-refractivity contribution in [3.8, 4) is 0 Å². The van der Waals surface area contributed by atoms with Gasteiger partial charge in [-0.2, -0.15) is 0 Å². The topological polar surface area (TPSA) is 66.4 Å². The summed E-state index contributed by atoms with van der Waals surface area (Å²) in [5.41, 5.74) is 2.35. The lowest BCUT2D eigenvalue weighted by Gasteiger charge is -2.08. The Hall–Kier alpha value is -2.79. The number of hydrogen-bond donors (Lipinski definition) is 2. The standard InChI is InChI=1S/C21H19NO3S/c23-20(22-12-15-8-10-17(11-9-15)21(24)25)14-26-13-18-6-3-5-16-4-1-2-7-19(16)18/h1-11H,12-14H2,(H,22,23)(H,24,25). The molecule has 3 aromatic rings. The highest BCUT2D eigenvalue weighted by molar-refractivity contribution is 7.99. The van der Waals surface area contributed by atoms with Crippen molar-refractivity contribution in [1.82, 2.24) is 5.32 Å². The Morgan fingerprint density at radius 2 is 1.65 bits per heavy atom. The number of carbonyl (C=O) groups is 2. The molecule has 3 rings (SSSR count). The van der Waals surface area contributed by atoms with Crippen LogP contribution in [0.25, 0.3) is 10.8 Å². The maximum Gasteiger partial charge on any atom is 0.335 e. The Labute approximate surface area is 156 Å². The van der Waals surface area contributed by atoms with Crippen LogP contribution in [0.3, 0.4) is 0 Å². The van der Waals surface area contributed by atoms with Gasteiger partial charge in [0, 0.05) is 12.3 Å². The van der Waals surface area contributed by atoms with Crippen molar-refractivity contribution in [2.24, 2.45) is 0 Å². The van der Waals surface area contributed by atoms with Gasteiger partial charge in [-0.3, -0.25) is 4.79 Å². The fourth-order valence-corrected chi connectivity index (χ4v) is 3.55. The molecule has 0 aliphatic rings. The number of carboxylic acid groups (broad SMARTS) is 1. The van der Waals surface area contributed by atoms with Crippen LogP contribution in [0.15, 0.2) is 66.7 Å². The van der Waals surface area contributed by atoms with E-state index in [1.165, 1.54) is 16.3 Å². The molecule has 4 nitrogen and oxygen atoms in total. The summed E-state index contributed by atoms with van der Waals surface area (Å²) in [5.74, 6) is 0.182. The lowest BCUT2D eigenvalue weighted by molar-refractivity contribution is -0.118. The molecule has 0 spiro atoms. The number of rotatable bonds is 7. The van der Waals surface area contributed by atoms with E-state index >= 15 is 0 Å². The van der Waals surface area contributed by atoms with Crippen molar-refractivity contribution >= 4 is 34.4 Å². The van der Waals surface area contributed by atoms with Gasteiger partial charge in [-0.15, -0.1) is 11.8 Å². The minimum absolute atomic E-state index is 0.0300. The monoisotopic (exact) mass is 365 g/mol. The first-order valence-electron chi connectivity index (χ1n) is 8.27. The molecule has 26 heavy (non-hydrogen) atoms. The van der Waals surface area contributed by atoms with Crippen LogP contribution in [-0.2, 0) is 17.1 Å². The third kappa shape index (κ3) is 4.64. The summed E-state index contributed by atoms with van der Waals surface area (Å²) in [7, 11) is 0. The number of fused-ring (bicyclic) bond motifs is 1. The lowest BCUT2D eigenvalue weighted by Crippen LogP contribution is -2.24. The van der Waals surface area contributed by atoms with E-state index in [1.807, 2.05) is 18.2 Å². The van der Waals surface area contributed by atoms with Gasteiger partial charge in [-0.1, -0.05) is 54.6 Å². The van der Waals surface area contributed by atoms with Gasteiger partial charge in [0.25, 0.3) is 0 Å². The summed E-state index contributed by atoms with van der Waals surface area (Å²) in [4.78, 5) is 22.8. The van der Waals surface area contributed by atoms with E-state index in [-0.39, 0.29) is 11.5 Å². The first-order valence-corrected chi connectivity index (χ1v) is 9.42. The number of amides is 1. The first-order chi connectivity index (χ1) is 12.6. The molecule has 0 atom stereocenters. The normalized spacial score (nSPS) is 10.6. The molecule has 132 valence electrons. The Morgan fingerprint density at radius 3 is 2.42 bits per heavy atom. The van der Waals surface area contributed by atoms with Gasteiger partial charge in [0.15, 0.2) is 0 Å². The molecule has 1 amide bonds. The number of benzene rings is 3. The third-order valence-electron chi connectivity index (χ3n) is 4.06. The van der Waals surface area contributed by atoms with Crippen LogP contribution < -0.4 is 5.32 Å². The fourth-order valence-electron chi connectivity index (χ4n) is 2.69. The van der Waals surface area contributed by atoms with Gasteiger partial charge >= 0.3 is 5.97 Å². The number of nitrogens with one attached hydrogen (secondary N) is 1. The second kappa shape index (κ2) is 8.54. The Kier molecular flexibility index (Phi) is 5.92. The summed E-state index contributed by atoms with van der Waals surface area (Å²) in [5, 5.41) is 14.2. The van der Waals surface area contributed by atoms with E-state index < -0.39 is 5.97 Å². The van der Waals surface area contributed by atoms with Crippen molar-refractivity contribution < 1.29 is 14.7 Å². The largest absolute Gasteiger partial charge is 0.478 e. The summed E-state index contributed by atoms with van der Waals surface area (Å²) >= 11 is 1.58. The lowest BCUT2D eigenvalue weighted by atomic mass is 10.1. The van der Waals surface area contributed by atoms with Crippen LogP contribution in [0.4, 0.5) is 0 Å². The van der Waals surface area contributed by atoms with E-state index in [0.717, 1.165) is 11.3 Å². The van der Waals surface area contributed by atoms with Crippen LogP contribution in [0.5, 0.6) is 0 Å². The van der Waals surface area contributed by atoms with Crippen molar-refractivity contribution in [1.29, 1.82) is 0 Å². The zero-order valence-corrected chi connectivity index (χ0v) is 15.0. The summed E-state index contributed by atoms with van der Waals surface area (Å²) in [6, 6.07) is 21.0. The molecule has 0 aliphatic carbocycles. The van der Waals surface area contributed by atoms with E-state index in [9.17, 15) is 9.59 Å². The van der Waals surface area contributed by atoms with Crippen LogP contribution in [-0.4, -0.2) is 22.7 Å². The number of thioether (sulfide) groups is 1. The number of aromatic carboxylic acids is 1. The van der Waals surface area contributed by atoms with Crippen LogP contribution >= 0.6 is 11.8 Å². The highest BCUT2D eigenvalue weighted by Gasteiger charge is 2.06. The fraction of sp³-hybridized carbons (Fsp3) is 0.143. The van der Waals surface area contributed by atoms with Gasteiger partial charge in [-0.25, -0.2) is 4.79 Å². The highest BCUT2D eigenvalue weighted by Crippen LogP contribution is 2.22. The minimum atomic E-state index is -0.953. The van der Waals surface area contributed by atoms with E-state index in [4.69, 9.17) is 5.11 Å². The molecule has 0 unspecified atom stereocenters. The highest BCUT2D eigenvalue weighted by atomic mass is 32.2. The van der Waals surface area contributed by atoms with Crippen LogP contribution in [0, 0.1) is 0 Å². The van der Waals surface area contributed by atoms with Gasteiger partial charge in [0.2, 0.25) is 5.91 Å². The Morgan fingerprint density at radius 1 is 0.923 bits per heavy atom. The number of hydrogen-bond acceptors (Lipinski definition) is 3. The quantitative estimate of drug-likeness (QED) is 0.662. The van der Waals surface area contributed by atoms with Crippen molar-refractivity contribution in [3.05, 3.63) is 83.4 Å². The molecule has 0 radical (unpaired) electrons. The van der Waals surface area contributed by atoms with Gasteiger partial charge in [0.1, 0.15) is 0 Å². The molecular formula is C21H19NO3S. The van der Waals surface area contributed by atoms with E-state index in [2.05, 4.69) is 29.6 Å². The molecule has 0 bridgehead atoms. The average Bonchev–Trinajstić information content (AvgIpc) is 2.67. The molecule has 5 heteroatoms. The van der Waals surface area contributed by atoms with E-state index in [1.54, 1.807) is 36.0 Å². The third-order valence-corrected chi connectivity index (χ3v) is 5.04. The minimum Gasteiger partial charge on any atom is -0.478 e. The average molecular weight is 365 g/mol. The second-order valence-electron chi connectivity index (χ2n) is 5.91. The predicted molar refractivity (Wildman–Crippen MR) is 105 cm³/mol. The van der Waals surface area contributed by atoms with Crippen LogP contribution in [0.1, 0.15) is 21.5 Å². The van der Waals surface area contributed by atoms with Gasteiger partial charge < -0.3 is 10.4 Å². The molecule has 0 aliphatic heterocycles. The van der Waals surface area contributed by atoms with Crippen LogP contribution in [0.2, 0.25) is 0 Å². The van der Waals surface area contributed by atoms with Crippen molar-refractivity contribution in [2.75, 3.05) is 5.75 Å². The first kappa shape index (κ1) is 18.0. The molecule has 0 saturated carbocycles. The predicted octanol–water partition coefficient (Wildman–Crippen LogP) is 4.09. The molecule has 0 saturated heterocycles. The van der Waals surface area contributed by atoms with E-state index in [0.29, 0.717) is 12.3 Å². The molecular weight excluding hydrogens is 346 g/mol. The zero-order valence-electron chi connectivity index (χ0n) is 14.1. The summed E-state index contributed by atoms with van der Waals surface area (Å²) in [6.07, 6.45) is 0. The maximum absolute atomic E-state index is 12.0. The van der Waals surface area contributed by atoms with Crippen molar-refractivity contribution in [3.63, 3.8) is 0 Å². The van der Waals surface area contributed by atoms with Gasteiger partial charge in [0.05, 0.1) is 11.3 Å². The SMILES string of the molecule is O=C(CSCc1cccc2ccccc12)NCc1ccc(C(=O)O)cc1. The molecule has 0 fully saturated rings. The Bertz CT molecular complexity index is 917. The molecule has 0 heterocycles. The molecule has 2 N–H and O–H groups in total. The van der Waals surface area contributed by atoms with Crippen molar-refractivity contribution in [2.45, 2.75) is 12.3 Å². The smallest absolute Gasteiger partial charge is 0.335 e.